The lowest BCUT2D eigenvalue weighted by Crippen LogP contribution is -2.07. The predicted molar refractivity (Wildman–Crippen MR) is 65.7 cm³/mol. The Hall–Kier alpha value is -2.23. The zero-order valence-electron chi connectivity index (χ0n) is 9.80. The lowest BCUT2D eigenvalue weighted by Gasteiger charge is -2.09. The highest BCUT2D eigenvalue weighted by Crippen LogP contribution is 2.25. The van der Waals surface area contributed by atoms with Gasteiger partial charge in [-0.1, -0.05) is 12.1 Å². The number of aromatic nitrogens is 1. The van der Waals surface area contributed by atoms with Gasteiger partial charge in [0.25, 0.3) is 0 Å². The molecule has 4 heteroatoms. The van der Waals surface area contributed by atoms with E-state index in [1.165, 1.54) is 13.0 Å². The molecule has 1 aromatic carbocycles. The summed E-state index contributed by atoms with van der Waals surface area (Å²) in [6, 6.07) is 7.92. The molecule has 0 spiro atoms. The number of benzene rings is 1. The first-order valence-corrected chi connectivity index (χ1v) is 5.52. The normalized spacial score (nSPS) is 12.1. The minimum Gasteiger partial charge on any atom is -0.481 e. The number of hydrogen-bond donors (Lipinski definition) is 1. The molecule has 1 atom stereocenters. The second kappa shape index (κ2) is 4.96. The Morgan fingerprint density at radius 2 is 1.94 bits per heavy atom. The van der Waals surface area contributed by atoms with Gasteiger partial charge < -0.3 is 5.11 Å². The summed E-state index contributed by atoms with van der Waals surface area (Å²) in [6.45, 7) is 1.53. The van der Waals surface area contributed by atoms with Crippen molar-refractivity contribution in [2.45, 2.75) is 12.8 Å². The van der Waals surface area contributed by atoms with Crippen LogP contribution in [-0.4, -0.2) is 16.1 Å². The first-order chi connectivity index (χ1) is 8.59. The van der Waals surface area contributed by atoms with Gasteiger partial charge in [-0.3, -0.25) is 9.78 Å². The topological polar surface area (TPSA) is 50.2 Å². The number of carbonyl (C=O) groups is 1. The summed E-state index contributed by atoms with van der Waals surface area (Å²) in [5.74, 6) is -2.11. The molecule has 0 fully saturated rings. The molecule has 18 heavy (non-hydrogen) atoms. The molecule has 2 rings (SSSR count). The lowest BCUT2D eigenvalue weighted by molar-refractivity contribution is -0.138. The van der Waals surface area contributed by atoms with E-state index in [4.69, 9.17) is 5.11 Å². The summed E-state index contributed by atoms with van der Waals surface area (Å²) < 4.78 is 13.9. The van der Waals surface area contributed by atoms with Gasteiger partial charge >= 0.3 is 5.97 Å². The zero-order valence-corrected chi connectivity index (χ0v) is 9.80. The molecular weight excluding hydrogens is 233 g/mol. The number of halogens is 1. The molecule has 2 aromatic rings. The van der Waals surface area contributed by atoms with Gasteiger partial charge in [-0.05, 0) is 36.2 Å². The minimum absolute atomic E-state index is 0.424. The third-order valence-corrected chi connectivity index (χ3v) is 2.85. The molecule has 1 heterocycles. The van der Waals surface area contributed by atoms with Gasteiger partial charge in [0.1, 0.15) is 5.82 Å². The van der Waals surface area contributed by atoms with Crippen LogP contribution in [0.15, 0.2) is 42.7 Å². The van der Waals surface area contributed by atoms with Crippen molar-refractivity contribution in [3.05, 3.63) is 54.1 Å². The Labute approximate surface area is 104 Å². The molecule has 0 bridgehead atoms. The maximum Gasteiger partial charge on any atom is 0.310 e. The SMILES string of the molecule is CC(C(=O)O)c1ccc(-c2ccncc2)c(F)c1. The molecule has 0 saturated heterocycles. The van der Waals surface area contributed by atoms with Gasteiger partial charge in [0, 0.05) is 18.0 Å². The summed E-state index contributed by atoms with van der Waals surface area (Å²) in [5, 5.41) is 8.88. The Bertz CT molecular complexity index is 569. The van der Waals surface area contributed by atoms with Crippen LogP contribution in [0.1, 0.15) is 18.4 Å². The van der Waals surface area contributed by atoms with Gasteiger partial charge in [-0.25, -0.2) is 4.39 Å². The average Bonchev–Trinajstić information content (AvgIpc) is 2.38. The van der Waals surface area contributed by atoms with E-state index in [2.05, 4.69) is 4.98 Å². The Kier molecular flexibility index (Phi) is 3.37. The van der Waals surface area contributed by atoms with Crippen LogP contribution in [0.5, 0.6) is 0 Å². The first-order valence-electron chi connectivity index (χ1n) is 5.52. The number of hydrogen-bond acceptors (Lipinski definition) is 2. The van der Waals surface area contributed by atoms with E-state index >= 15 is 0 Å². The van der Waals surface area contributed by atoms with E-state index < -0.39 is 17.7 Å². The van der Waals surface area contributed by atoms with Crippen LogP contribution in [0.2, 0.25) is 0 Å². The van der Waals surface area contributed by atoms with Crippen molar-refractivity contribution in [2.75, 3.05) is 0 Å². The van der Waals surface area contributed by atoms with Crippen LogP contribution in [0.3, 0.4) is 0 Å². The summed E-state index contributed by atoms with van der Waals surface area (Å²) in [5.41, 5.74) is 1.62. The molecule has 1 aromatic heterocycles. The van der Waals surface area contributed by atoms with Crippen molar-refractivity contribution in [2.24, 2.45) is 0 Å². The number of aliphatic carboxylic acids is 1. The summed E-state index contributed by atoms with van der Waals surface area (Å²) in [7, 11) is 0. The molecular formula is C14H12FNO2. The number of carboxylic acids is 1. The van der Waals surface area contributed by atoms with Crippen LogP contribution in [-0.2, 0) is 4.79 Å². The fraction of sp³-hybridized carbons (Fsp3) is 0.143. The maximum atomic E-state index is 13.9. The van der Waals surface area contributed by atoms with Gasteiger partial charge in [-0.2, -0.15) is 0 Å². The molecule has 3 nitrogen and oxygen atoms in total. The highest BCUT2D eigenvalue weighted by molar-refractivity contribution is 5.76. The van der Waals surface area contributed by atoms with E-state index in [1.807, 2.05) is 0 Å². The molecule has 0 aliphatic heterocycles. The minimum atomic E-state index is -0.967. The van der Waals surface area contributed by atoms with Crippen LogP contribution in [0.25, 0.3) is 11.1 Å². The molecule has 1 N–H and O–H groups in total. The summed E-state index contributed by atoms with van der Waals surface area (Å²) in [4.78, 5) is 14.7. The molecule has 0 amide bonds. The third kappa shape index (κ3) is 2.37. The summed E-state index contributed by atoms with van der Waals surface area (Å²) in [6.07, 6.45) is 3.17. The van der Waals surface area contributed by atoms with Crippen LogP contribution in [0, 0.1) is 5.82 Å². The molecule has 0 radical (unpaired) electrons. The van der Waals surface area contributed by atoms with Crippen molar-refractivity contribution >= 4 is 5.97 Å². The van der Waals surface area contributed by atoms with E-state index in [-0.39, 0.29) is 0 Å². The average molecular weight is 245 g/mol. The lowest BCUT2D eigenvalue weighted by atomic mass is 9.97. The molecule has 1 unspecified atom stereocenters. The Morgan fingerprint density at radius 1 is 1.28 bits per heavy atom. The van der Waals surface area contributed by atoms with Crippen molar-refractivity contribution in [1.29, 1.82) is 0 Å². The predicted octanol–water partition coefficient (Wildman–Crippen LogP) is 3.08. The Morgan fingerprint density at radius 3 is 2.50 bits per heavy atom. The molecule has 0 saturated carbocycles. The monoisotopic (exact) mass is 245 g/mol. The van der Waals surface area contributed by atoms with Crippen molar-refractivity contribution in [3.63, 3.8) is 0 Å². The van der Waals surface area contributed by atoms with Crippen molar-refractivity contribution < 1.29 is 14.3 Å². The number of pyridine rings is 1. The largest absolute Gasteiger partial charge is 0.481 e. The van der Waals surface area contributed by atoms with Crippen molar-refractivity contribution in [3.8, 4) is 11.1 Å². The van der Waals surface area contributed by atoms with Gasteiger partial charge in [0.15, 0.2) is 0 Å². The highest BCUT2D eigenvalue weighted by atomic mass is 19.1. The van der Waals surface area contributed by atoms with E-state index in [9.17, 15) is 9.18 Å². The number of carboxylic acid groups (broad SMARTS) is 1. The van der Waals surface area contributed by atoms with Crippen LogP contribution in [0.4, 0.5) is 4.39 Å². The van der Waals surface area contributed by atoms with Crippen LogP contribution < -0.4 is 0 Å². The zero-order chi connectivity index (χ0) is 13.1. The highest BCUT2D eigenvalue weighted by Gasteiger charge is 2.15. The van der Waals surface area contributed by atoms with Gasteiger partial charge in [0.2, 0.25) is 0 Å². The Balaban J connectivity index is 2.40. The van der Waals surface area contributed by atoms with E-state index in [1.54, 1.807) is 36.7 Å². The quantitative estimate of drug-likeness (QED) is 0.904. The second-order valence-electron chi connectivity index (χ2n) is 4.04. The third-order valence-electron chi connectivity index (χ3n) is 2.85. The molecule has 0 aliphatic carbocycles. The number of nitrogens with zero attached hydrogens (tertiary/aromatic N) is 1. The standard InChI is InChI=1S/C14H12FNO2/c1-9(14(17)18)11-2-3-12(13(15)8-11)10-4-6-16-7-5-10/h2-9H,1H3,(H,17,18). The fourth-order valence-corrected chi connectivity index (χ4v) is 1.71. The van der Waals surface area contributed by atoms with E-state index in [0.717, 1.165) is 5.56 Å². The molecule has 0 aliphatic rings. The number of rotatable bonds is 3. The van der Waals surface area contributed by atoms with Gasteiger partial charge in [-0.15, -0.1) is 0 Å². The first kappa shape index (κ1) is 12.2. The fourth-order valence-electron chi connectivity index (χ4n) is 1.71. The smallest absolute Gasteiger partial charge is 0.310 e. The van der Waals surface area contributed by atoms with E-state index in [0.29, 0.717) is 11.1 Å². The second-order valence-corrected chi connectivity index (χ2v) is 4.04. The van der Waals surface area contributed by atoms with Crippen molar-refractivity contribution in [1.82, 2.24) is 4.98 Å². The van der Waals surface area contributed by atoms with Gasteiger partial charge in [0.05, 0.1) is 5.92 Å². The molecule has 92 valence electrons. The maximum absolute atomic E-state index is 13.9. The summed E-state index contributed by atoms with van der Waals surface area (Å²) >= 11 is 0. The van der Waals surface area contributed by atoms with Crippen LogP contribution >= 0.6 is 0 Å².